The first-order valence-electron chi connectivity index (χ1n) is 4.58. The third kappa shape index (κ3) is 3.07. The van der Waals surface area contributed by atoms with Crippen LogP contribution in [0.5, 0.6) is 0 Å². The van der Waals surface area contributed by atoms with E-state index in [0.717, 1.165) is 25.0 Å². The van der Waals surface area contributed by atoms with Gasteiger partial charge in [0.15, 0.2) is 0 Å². The molecule has 0 aliphatic heterocycles. The Labute approximate surface area is 76.7 Å². The van der Waals surface area contributed by atoms with Crippen molar-refractivity contribution in [3.05, 3.63) is 12.2 Å². The van der Waals surface area contributed by atoms with E-state index in [2.05, 4.69) is 12.2 Å². The van der Waals surface area contributed by atoms with Gasteiger partial charge in [0.2, 0.25) is 0 Å². The molecule has 0 saturated heterocycles. The summed E-state index contributed by atoms with van der Waals surface area (Å²) in [5.41, 5.74) is 5.35. The topological polar surface area (TPSA) is 43.1 Å². The summed E-state index contributed by atoms with van der Waals surface area (Å²) in [6.07, 6.45) is 8.58. The van der Waals surface area contributed by atoms with Gasteiger partial charge in [-0.15, -0.1) is 0 Å². The zero-order chi connectivity index (χ0) is 8.81. The summed E-state index contributed by atoms with van der Waals surface area (Å²) in [6, 6.07) is 0. The molecule has 0 aromatic heterocycles. The monoisotopic (exact) mass is 187 g/mol. The molecule has 2 nitrogen and oxygen atoms in total. The van der Waals surface area contributed by atoms with Gasteiger partial charge in [0.1, 0.15) is 0 Å². The Kier molecular flexibility index (Phi) is 4.54. The van der Waals surface area contributed by atoms with E-state index in [1.807, 2.05) is 0 Å². The molecule has 0 heterocycles. The van der Waals surface area contributed by atoms with Crippen LogP contribution in [0.15, 0.2) is 12.2 Å². The van der Waals surface area contributed by atoms with E-state index >= 15 is 0 Å². The largest absolute Gasteiger partial charge is 0.330 e. The van der Waals surface area contributed by atoms with Crippen molar-refractivity contribution in [3.63, 3.8) is 0 Å². The van der Waals surface area contributed by atoms with Crippen LogP contribution in [0.3, 0.4) is 0 Å². The van der Waals surface area contributed by atoms with Crippen LogP contribution in [0.1, 0.15) is 25.7 Å². The van der Waals surface area contributed by atoms with Gasteiger partial charge in [0, 0.05) is 16.6 Å². The van der Waals surface area contributed by atoms with Crippen LogP contribution in [0.25, 0.3) is 0 Å². The average molecular weight is 187 g/mol. The van der Waals surface area contributed by atoms with Crippen LogP contribution < -0.4 is 5.73 Å². The molecule has 0 saturated carbocycles. The van der Waals surface area contributed by atoms with Crippen LogP contribution in [0.4, 0.5) is 0 Å². The van der Waals surface area contributed by atoms with Gasteiger partial charge in [0.05, 0.1) is 5.25 Å². The van der Waals surface area contributed by atoms with E-state index < -0.39 is 10.8 Å². The summed E-state index contributed by atoms with van der Waals surface area (Å²) in [6.45, 7) is 0.655. The molecule has 1 aliphatic carbocycles. The minimum absolute atomic E-state index is 0.310. The van der Waals surface area contributed by atoms with Crippen LogP contribution >= 0.6 is 0 Å². The zero-order valence-electron chi connectivity index (χ0n) is 7.37. The summed E-state index contributed by atoms with van der Waals surface area (Å²) < 4.78 is 11.6. The minimum Gasteiger partial charge on any atom is -0.330 e. The molecule has 0 aromatic rings. The van der Waals surface area contributed by atoms with Crippen molar-refractivity contribution < 1.29 is 4.21 Å². The van der Waals surface area contributed by atoms with E-state index in [-0.39, 0.29) is 0 Å². The first-order valence-corrected chi connectivity index (χ1v) is 5.96. The van der Waals surface area contributed by atoms with Crippen molar-refractivity contribution in [1.82, 2.24) is 0 Å². The van der Waals surface area contributed by atoms with E-state index in [4.69, 9.17) is 5.73 Å². The minimum atomic E-state index is -0.673. The summed E-state index contributed by atoms with van der Waals surface area (Å²) >= 11 is 0. The Bertz CT molecular complexity index is 179. The Morgan fingerprint density at radius 3 is 3.00 bits per heavy atom. The molecular formula is C9H17NOS. The van der Waals surface area contributed by atoms with Crippen LogP contribution in [0, 0.1) is 0 Å². The highest BCUT2D eigenvalue weighted by Gasteiger charge is 2.14. The SMILES string of the molecule is NCCCS(=O)C1C=CCCC1. The molecule has 12 heavy (non-hydrogen) atoms. The van der Waals surface area contributed by atoms with Crippen molar-refractivity contribution in [3.8, 4) is 0 Å². The molecule has 0 aromatic carbocycles. The van der Waals surface area contributed by atoms with Gasteiger partial charge in [-0.1, -0.05) is 12.2 Å². The predicted octanol–water partition coefficient (Wildman–Crippen LogP) is 1.19. The molecule has 0 spiro atoms. The number of hydrogen-bond acceptors (Lipinski definition) is 2. The second-order valence-electron chi connectivity index (χ2n) is 3.12. The van der Waals surface area contributed by atoms with Crippen molar-refractivity contribution >= 4 is 10.8 Å². The number of allylic oxidation sites excluding steroid dienone is 1. The molecule has 0 amide bonds. The molecule has 1 rings (SSSR count). The molecule has 2 N–H and O–H groups in total. The highest BCUT2D eigenvalue weighted by atomic mass is 32.2. The average Bonchev–Trinajstić information content (AvgIpc) is 2.15. The summed E-state index contributed by atoms with van der Waals surface area (Å²) in [7, 11) is -0.673. The summed E-state index contributed by atoms with van der Waals surface area (Å²) in [5.74, 6) is 0.769. The Morgan fingerprint density at radius 2 is 2.42 bits per heavy atom. The first kappa shape index (κ1) is 9.93. The lowest BCUT2D eigenvalue weighted by molar-refractivity contribution is 0.657. The fourth-order valence-electron chi connectivity index (χ4n) is 1.38. The molecule has 1 aliphatic rings. The molecular weight excluding hydrogens is 170 g/mol. The van der Waals surface area contributed by atoms with Gasteiger partial charge < -0.3 is 5.73 Å². The summed E-state index contributed by atoms with van der Waals surface area (Å²) in [4.78, 5) is 0. The lowest BCUT2D eigenvalue weighted by Crippen LogP contribution is -2.18. The van der Waals surface area contributed by atoms with E-state index in [1.165, 1.54) is 6.42 Å². The van der Waals surface area contributed by atoms with Gasteiger partial charge >= 0.3 is 0 Å². The highest BCUT2D eigenvalue weighted by molar-refractivity contribution is 7.85. The Balaban J connectivity index is 2.30. The third-order valence-electron chi connectivity index (χ3n) is 2.10. The fourth-order valence-corrected chi connectivity index (χ4v) is 2.85. The molecule has 0 bridgehead atoms. The number of rotatable bonds is 4. The fraction of sp³-hybridized carbons (Fsp3) is 0.778. The zero-order valence-corrected chi connectivity index (χ0v) is 8.19. The molecule has 2 atom stereocenters. The van der Waals surface area contributed by atoms with Crippen molar-refractivity contribution in [2.24, 2.45) is 5.73 Å². The Morgan fingerprint density at radius 1 is 1.58 bits per heavy atom. The standard InChI is InChI=1S/C9H17NOS/c10-7-4-8-12(11)9-5-2-1-3-6-9/h2,5,9H,1,3-4,6-8,10H2. The van der Waals surface area contributed by atoms with Gasteiger partial charge in [-0.2, -0.15) is 0 Å². The normalized spacial score (nSPS) is 25.6. The van der Waals surface area contributed by atoms with Crippen LogP contribution in [-0.4, -0.2) is 21.8 Å². The van der Waals surface area contributed by atoms with Gasteiger partial charge in [0.25, 0.3) is 0 Å². The maximum atomic E-state index is 11.6. The maximum Gasteiger partial charge on any atom is 0.0527 e. The lowest BCUT2D eigenvalue weighted by Gasteiger charge is -2.15. The lowest BCUT2D eigenvalue weighted by atomic mass is 10.1. The highest BCUT2D eigenvalue weighted by Crippen LogP contribution is 2.15. The first-order chi connectivity index (χ1) is 5.84. The quantitative estimate of drug-likeness (QED) is 0.672. The Hall–Kier alpha value is -0.150. The van der Waals surface area contributed by atoms with E-state index in [1.54, 1.807) is 0 Å². The number of hydrogen-bond donors (Lipinski definition) is 1. The predicted molar refractivity (Wildman–Crippen MR) is 53.5 cm³/mol. The smallest absolute Gasteiger partial charge is 0.0527 e. The molecule has 2 unspecified atom stereocenters. The molecule has 0 fully saturated rings. The van der Waals surface area contributed by atoms with Gasteiger partial charge in [-0.25, -0.2) is 0 Å². The van der Waals surface area contributed by atoms with E-state index in [0.29, 0.717) is 11.8 Å². The number of nitrogens with two attached hydrogens (primary N) is 1. The van der Waals surface area contributed by atoms with Crippen molar-refractivity contribution in [1.29, 1.82) is 0 Å². The van der Waals surface area contributed by atoms with Crippen molar-refractivity contribution in [2.75, 3.05) is 12.3 Å². The van der Waals surface area contributed by atoms with E-state index in [9.17, 15) is 4.21 Å². The second-order valence-corrected chi connectivity index (χ2v) is 4.90. The molecule has 0 radical (unpaired) electrons. The molecule has 3 heteroatoms. The summed E-state index contributed by atoms with van der Waals surface area (Å²) in [5, 5.41) is 0.310. The van der Waals surface area contributed by atoms with Crippen LogP contribution in [0.2, 0.25) is 0 Å². The van der Waals surface area contributed by atoms with Gasteiger partial charge in [-0.05, 0) is 32.2 Å². The maximum absolute atomic E-state index is 11.6. The molecule has 70 valence electrons. The van der Waals surface area contributed by atoms with Crippen LogP contribution in [-0.2, 0) is 10.8 Å². The second kappa shape index (κ2) is 5.49. The van der Waals surface area contributed by atoms with Crippen molar-refractivity contribution in [2.45, 2.75) is 30.9 Å². The third-order valence-corrected chi connectivity index (χ3v) is 3.86. The van der Waals surface area contributed by atoms with Gasteiger partial charge in [-0.3, -0.25) is 4.21 Å².